The van der Waals surface area contributed by atoms with E-state index in [0.717, 1.165) is 31.5 Å². The third-order valence-electron chi connectivity index (χ3n) is 3.96. The van der Waals surface area contributed by atoms with E-state index in [0.29, 0.717) is 23.8 Å². The summed E-state index contributed by atoms with van der Waals surface area (Å²) in [5, 5.41) is 0. The summed E-state index contributed by atoms with van der Waals surface area (Å²) < 4.78 is 5.14. The van der Waals surface area contributed by atoms with Crippen LogP contribution in [0.2, 0.25) is 0 Å². The Bertz CT molecular complexity index is 667. The molecule has 1 saturated heterocycles. The predicted molar refractivity (Wildman–Crippen MR) is 89.5 cm³/mol. The summed E-state index contributed by atoms with van der Waals surface area (Å²) in [7, 11) is 0. The van der Waals surface area contributed by atoms with E-state index in [9.17, 15) is 4.79 Å². The molecule has 120 valence electrons. The van der Waals surface area contributed by atoms with Gasteiger partial charge in [0.15, 0.2) is 0 Å². The van der Waals surface area contributed by atoms with Crippen molar-refractivity contribution in [2.45, 2.75) is 26.2 Å². The van der Waals surface area contributed by atoms with Gasteiger partial charge in [0, 0.05) is 24.8 Å². The lowest BCUT2D eigenvalue weighted by molar-refractivity contribution is 0.0526. The van der Waals surface area contributed by atoms with Crippen LogP contribution in [0.25, 0.3) is 11.3 Å². The number of piperidine rings is 1. The van der Waals surface area contributed by atoms with Crippen LogP contribution < -0.4 is 4.90 Å². The summed E-state index contributed by atoms with van der Waals surface area (Å²) in [6.45, 7) is 4.06. The quantitative estimate of drug-likeness (QED) is 0.811. The molecule has 0 amide bonds. The summed E-state index contributed by atoms with van der Waals surface area (Å²) in [6.07, 6.45) is 5.16. The van der Waals surface area contributed by atoms with Crippen LogP contribution in [-0.4, -0.2) is 35.6 Å². The minimum atomic E-state index is -0.378. The number of carbonyl (C=O) groups excluding carboxylic acids is 1. The van der Waals surface area contributed by atoms with Gasteiger partial charge in [0.2, 0.25) is 5.95 Å². The van der Waals surface area contributed by atoms with Gasteiger partial charge in [0.1, 0.15) is 5.56 Å². The zero-order chi connectivity index (χ0) is 16.1. The molecule has 2 heterocycles. The molecule has 1 aromatic heterocycles. The maximum Gasteiger partial charge on any atom is 0.341 e. The number of hydrogen-bond donors (Lipinski definition) is 0. The average molecular weight is 311 g/mol. The zero-order valence-electron chi connectivity index (χ0n) is 13.4. The Morgan fingerprint density at radius 2 is 1.91 bits per heavy atom. The Kier molecular flexibility index (Phi) is 4.86. The normalized spacial score (nSPS) is 14.6. The molecule has 0 unspecified atom stereocenters. The standard InChI is InChI=1S/C18H21N3O2/c1-2-23-17(22)15-13-19-18(21-11-7-4-8-12-21)20-16(15)14-9-5-3-6-10-14/h3,5-6,9-10,13H,2,4,7-8,11-12H2,1H3. The Hall–Kier alpha value is -2.43. The van der Waals surface area contributed by atoms with E-state index >= 15 is 0 Å². The van der Waals surface area contributed by atoms with Gasteiger partial charge >= 0.3 is 5.97 Å². The molecule has 1 fully saturated rings. The van der Waals surface area contributed by atoms with Crippen LogP contribution in [0, 0.1) is 0 Å². The van der Waals surface area contributed by atoms with Crippen molar-refractivity contribution in [3.05, 3.63) is 42.1 Å². The molecule has 1 aromatic carbocycles. The van der Waals surface area contributed by atoms with Crippen LogP contribution >= 0.6 is 0 Å². The van der Waals surface area contributed by atoms with Gasteiger partial charge in [0.05, 0.1) is 12.3 Å². The van der Waals surface area contributed by atoms with Crippen molar-refractivity contribution in [1.82, 2.24) is 9.97 Å². The Morgan fingerprint density at radius 1 is 1.17 bits per heavy atom. The second-order valence-corrected chi connectivity index (χ2v) is 5.57. The molecule has 0 aliphatic carbocycles. The molecule has 1 aliphatic rings. The smallest absolute Gasteiger partial charge is 0.341 e. The second-order valence-electron chi connectivity index (χ2n) is 5.57. The van der Waals surface area contributed by atoms with E-state index in [4.69, 9.17) is 4.74 Å². The van der Waals surface area contributed by atoms with E-state index in [-0.39, 0.29) is 5.97 Å². The predicted octanol–water partition coefficient (Wildman–Crippen LogP) is 3.31. The molecule has 0 atom stereocenters. The van der Waals surface area contributed by atoms with Gasteiger partial charge in [0.25, 0.3) is 0 Å². The summed E-state index contributed by atoms with van der Waals surface area (Å²) in [5.74, 6) is 0.313. The maximum absolute atomic E-state index is 12.2. The summed E-state index contributed by atoms with van der Waals surface area (Å²) in [4.78, 5) is 23.5. The fourth-order valence-corrected chi connectivity index (χ4v) is 2.79. The van der Waals surface area contributed by atoms with E-state index in [1.165, 1.54) is 6.42 Å². The van der Waals surface area contributed by atoms with Crippen LogP contribution in [0.3, 0.4) is 0 Å². The number of carbonyl (C=O) groups is 1. The van der Waals surface area contributed by atoms with Gasteiger partial charge in [-0.3, -0.25) is 0 Å². The number of ether oxygens (including phenoxy) is 1. The van der Waals surface area contributed by atoms with Crippen molar-refractivity contribution in [2.24, 2.45) is 0 Å². The lowest BCUT2D eigenvalue weighted by atomic mass is 10.1. The largest absolute Gasteiger partial charge is 0.462 e. The molecule has 23 heavy (non-hydrogen) atoms. The van der Waals surface area contributed by atoms with E-state index in [1.54, 1.807) is 13.1 Å². The lowest BCUT2D eigenvalue weighted by Gasteiger charge is -2.27. The first-order chi connectivity index (χ1) is 11.3. The number of hydrogen-bond acceptors (Lipinski definition) is 5. The Morgan fingerprint density at radius 3 is 2.61 bits per heavy atom. The van der Waals surface area contributed by atoms with Gasteiger partial charge in [-0.05, 0) is 26.2 Å². The third kappa shape index (κ3) is 3.50. The molecule has 5 nitrogen and oxygen atoms in total. The first kappa shape index (κ1) is 15.5. The van der Waals surface area contributed by atoms with Crippen molar-refractivity contribution >= 4 is 11.9 Å². The van der Waals surface area contributed by atoms with Crippen molar-refractivity contribution < 1.29 is 9.53 Å². The highest BCUT2D eigenvalue weighted by atomic mass is 16.5. The highest BCUT2D eigenvalue weighted by molar-refractivity contribution is 5.96. The molecular weight excluding hydrogens is 290 g/mol. The van der Waals surface area contributed by atoms with Crippen molar-refractivity contribution in [3.8, 4) is 11.3 Å². The molecule has 0 spiro atoms. The van der Waals surface area contributed by atoms with Crippen LogP contribution in [0.5, 0.6) is 0 Å². The number of aromatic nitrogens is 2. The zero-order valence-corrected chi connectivity index (χ0v) is 13.4. The number of rotatable bonds is 4. The molecule has 0 saturated carbocycles. The molecule has 0 radical (unpaired) electrons. The van der Waals surface area contributed by atoms with Crippen LogP contribution in [0.15, 0.2) is 36.5 Å². The topological polar surface area (TPSA) is 55.3 Å². The van der Waals surface area contributed by atoms with Crippen LogP contribution in [0.4, 0.5) is 5.95 Å². The van der Waals surface area contributed by atoms with Gasteiger partial charge in [-0.15, -0.1) is 0 Å². The highest BCUT2D eigenvalue weighted by Gasteiger charge is 2.20. The average Bonchev–Trinajstić information content (AvgIpc) is 2.63. The van der Waals surface area contributed by atoms with E-state index in [2.05, 4.69) is 14.9 Å². The molecule has 2 aromatic rings. The minimum Gasteiger partial charge on any atom is -0.462 e. The van der Waals surface area contributed by atoms with E-state index < -0.39 is 0 Å². The third-order valence-corrected chi connectivity index (χ3v) is 3.96. The molecule has 1 aliphatic heterocycles. The van der Waals surface area contributed by atoms with Crippen molar-refractivity contribution in [2.75, 3.05) is 24.6 Å². The van der Waals surface area contributed by atoms with Crippen LogP contribution in [0.1, 0.15) is 36.5 Å². The summed E-state index contributed by atoms with van der Waals surface area (Å²) in [6, 6.07) is 9.72. The Labute approximate surface area is 136 Å². The number of benzene rings is 1. The second kappa shape index (κ2) is 7.22. The van der Waals surface area contributed by atoms with Crippen molar-refractivity contribution in [3.63, 3.8) is 0 Å². The maximum atomic E-state index is 12.2. The number of esters is 1. The van der Waals surface area contributed by atoms with Gasteiger partial charge in [-0.1, -0.05) is 30.3 Å². The Balaban J connectivity index is 2.01. The molecular formula is C18H21N3O2. The first-order valence-electron chi connectivity index (χ1n) is 8.14. The fraction of sp³-hybridized carbons (Fsp3) is 0.389. The van der Waals surface area contributed by atoms with Crippen molar-refractivity contribution in [1.29, 1.82) is 0 Å². The SMILES string of the molecule is CCOC(=O)c1cnc(N2CCCCC2)nc1-c1ccccc1. The minimum absolute atomic E-state index is 0.334. The van der Waals surface area contributed by atoms with Gasteiger partial charge in [-0.25, -0.2) is 14.8 Å². The van der Waals surface area contributed by atoms with E-state index in [1.807, 2.05) is 30.3 Å². The number of anilines is 1. The van der Waals surface area contributed by atoms with Gasteiger partial charge in [-0.2, -0.15) is 0 Å². The van der Waals surface area contributed by atoms with Gasteiger partial charge < -0.3 is 9.64 Å². The first-order valence-corrected chi connectivity index (χ1v) is 8.14. The monoisotopic (exact) mass is 311 g/mol. The molecule has 0 N–H and O–H groups in total. The molecule has 5 heteroatoms. The highest BCUT2D eigenvalue weighted by Crippen LogP contribution is 2.25. The lowest BCUT2D eigenvalue weighted by Crippen LogP contribution is -2.31. The molecule has 0 bridgehead atoms. The summed E-state index contributed by atoms with van der Waals surface area (Å²) >= 11 is 0. The number of nitrogens with zero attached hydrogens (tertiary/aromatic N) is 3. The van der Waals surface area contributed by atoms with Crippen LogP contribution in [-0.2, 0) is 4.74 Å². The molecule has 3 rings (SSSR count). The summed E-state index contributed by atoms with van der Waals surface area (Å²) in [5.41, 5.74) is 1.95. The fourth-order valence-electron chi connectivity index (χ4n) is 2.79.